The zero-order valence-electron chi connectivity index (χ0n) is 16.5. The van der Waals surface area contributed by atoms with E-state index >= 15 is 0 Å². The lowest BCUT2D eigenvalue weighted by atomic mass is 10.1. The van der Waals surface area contributed by atoms with Gasteiger partial charge in [0.2, 0.25) is 11.6 Å². The molecule has 0 aliphatic carbocycles. The van der Waals surface area contributed by atoms with E-state index in [1.54, 1.807) is 6.07 Å². The predicted octanol–water partition coefficient (Wildman–Crippen LogP) is 4.59. The van der Waals surface area contributed by atoms with Gasteiger partial charge in [-0.1, -0.05) is 12.1 Å². The van der Waals surface area contributed by atoms with Gasteiger partial charge in [0.25, 0.3) is 5.89 Å². The van der Waals surface area contributed by atoms with Crippen molar-refractivity contribution in [1.82, 2.24) is 4.98 Å². The number of furan rings is 1. The molecule has 0 radical (unpaired) electrons. The number of nitriles is 1. The molecule has 1 saturated heterocycles. The Labute approximate surface area is 169 Å². The molecule has 0 unspecified atom stereocenters. The Morgan fingerprint density at radius 2 is 2.14 bits per heavy atom. The molecule has 29 heavy (non-hydrogen) atoms. The standard InChI is InChI=1S/C22H23N3O4/c1-14-5-6-15(2)20(10-14)27-13-17-7-8-19(28-17)22-25-18(11-23)21(29-22)24-12-16-4-3-9-26-16/h5-8,10,16,24H,3-4,9,12-13H2,1-2H3/t16-/m1/s1. The molecule has 0 spiro atoms. The van der Waals surface area contributed by atoms with Gasteiger partial charge in [-0.15, -0.1) is 0 Å². The van der Waals surface area contributed by atoms with Crippen LogP contribution in [0.25, 0.3) is 11.7 Å². The lowest BCUT2D eigenvalue weighted by Gasteiger charge is -2.09. The second-order valence-electron chi connectivity index (χ2n) is 7.15. The summed E-state index contributed by atoms with van der Waals surface area (Å²) in [7, 11) is 0. The van der Waals surface area contributed by atoms with E-state index in [0.717, 1.165) is 36.3 Å². The maximum atomic E-state index is 9.34. The van der Waals surface area contributed by atoms with Gasteiger partial charge in [0.05, 0.1) is 6.10 Å². The van der Waals surface area contributed by atoms with Gasteiger partial charge in [0.1, 0.15) is 24.2 Å². The molecule has 1 aliphatic heterocycles. The van der Waals surface area contributed by atoms with Crippen LogP contribution in [0.2, 0.25) is 0 Å². The lowest BCUT2D eigenvalue weighted by molar-refractivity contribution is 0.120. The first-order valence-electron chi connectivity index (χ1n) is 9.68. The minimum atomic E-state index is 0.132. The molecule has 2 aromatic heterocycles. The SMILES string of the molecule is Cc1ccc(C)c(OCc2ccc(-c3nc(C#N)c(NC[C@H]4CCCO4)o3)o2)c1. The van der Waals surface area contributed by atoms with Crippen LogP contribution in [0.4, 0.5) is 5.88 Å². The van der Waals surface area contributed by atoms with Crippen molar-refractivity contribution in [2.45, 2.75) is 39.4 Å². The Morgan fingerprint density at radius 1 is 1.24 bits per heavy atom. The summed E-state index contributed by atoms with van der Waals surface area (Å²) in [4.78, 5) is 4.24. The van der Waals surface area contributed by atoms with Crippen molar-refractivity contribution < 1.29 is 18.3 Å². The fourth-order valence-electron chi connectivity index (χ4n) is 3.22. The van der Waals surface area contributed by atoms with Gasteiger partial charge >= 0.3 is 0 Å². The summed E-state index contributed by atoms with van der Waals surface area (Å²) in [5.41, 5.74) is 2.40. The molecule has 1 aliphatic rings. The quantitative estimate of drug-likeness (QED) is 0.627. The molecule has 1 fully saturated rings. The number of benzene rings is 1. The molecule has 0 saturated carbocycles. The van der Waals surface area contributed by atoms with Gasteiger partial charge in [-0.25, -0.2) is 0 Å². The van der Waals surface area contributed by atoms with Crippen molar-refractivity contribution in [2.24, 2.45) is 0 Å². The van der Waals surface area contributed by atoms with E-state index in [4.69, 9.17) is 18.3 Å². The number of rotatable bonds is 7. The molecule has 4 rings (SSSR count). The third kappa shape index (κ3) is 4.44. The smallest absolute Gasteiger partial charge is 0.266 e. The van der Waals surface area contributed by atoms with Crippen LogP contribution in [0.15, 0.2) is 39.2 Å². The zero-order chi connectivity index (χ0) is 20.2. The first-order valence-corrected chi connectivity index (χ1v) is 9.68. The molecule has 0 amide bonds. The fraction of sp³-hybridized carbons (Fsp3) is 0.364. The molecule has 150 valence electrons. The van der Waals surface area contributed by atoms with Crippen molar-refractivity contribution in [3.63, 3.8) is 0 Å². The third-order valence-electron chi connectivity index (χ3n) is 4.83. The summed E-state index contributed by atoms with van der Waals surface area (Å²) in [6.07, 6.45) is 2.18. The van der Waals surface area contributed by atoms with Gasteiger partial charge < -0.3 is 23.6 Å². The summed E-state index contributed by atoms with van der Waals surface area (Å²) < 4.78 is 23.0. The van der Waals surface area contributed by atoms with Crippen LogP contribution >= 0.6 is 0 Å². The monoisotopic (exact) mass is 393 g/mol. The molecule has 3 heterocycles. The Morgan fingerprint density at radius 3 is 2.93 bits per heavy atom. The van der Waals surface area contributed by atoms with Gasteiger partial charge in [-0.05, 0) is 56.0 Å². The number of nitrogens with zero attached hydrogens (tertiary/aromatic N) is 2. The average Bonchev–Trinajstić information content (AvgIpc) is 3.47. The second kappa shape index (κ2) is 8.41. The first kappa shape index (κ1) is 19.1. The first-order chi connectivity index (χ1) is 14.1. The van der Waals surface area contributed by atoms with Crippen LogP contribution in [0, 0.1) is 25.2 Å². The maximum Gasteiger partial charge on any atom is 0.266 e. The van der Waals surface area contributed by atoms with Crippen molar-refractivity contribution in [3.05, 3.63) is 52.9 Å². The van der Waals surface area contributed by atoms with Crippen LogP contribution in [0.5, 0.6) is 5.75 Å². The third-order valence-corrected chi connectivity index (χ3v) is 4.83. The zero-order valence-corrected chi connectivity index (χ0v) is 16.5. The van der Waals surface area contributed by atoms with Crippen LogP contribution in [-0.4, -0.2) is 24.2 Å². The molecule has 1 aromatic carbocycles. The molecule has 0 bridgehead atoms. The van der Waals surface area contributed by atoms with E-state index < -0.39 is 0 Å². The van der Waals surface area contributed by atoms with Crippen molar-refractivity contribution in [3.8, 4) is 23.5 Å². The van der Waals surface area contributed by atoms with Crippen LogP contribution in [0.3, 0.4) is 0 Å². The summed E-state index contributed by atoms with van der Waals surface area (Å²) in [5, 5.41) is 12.5. The Bertz CT molecular complexity index is 1030. The van der Waals surface area contributed by atoms with E-state index in [1.165, 1.54) is 0 Å². The van der Waals surface area contributed by atoms with E-state index in [9.17, 15) is 5.26 Å². The highest BCUT2D eigenvalue weighted by Crippen LogP contribution is 2.28. The van der Waals surface area contributed by atoms with Crippen LogP contribution in [-0.2, 0) is 11.3 Å². The molecular weight excluding hydrogens is 370 g/mol. The Kier molecular flexibility index (Phi) is 5.54. The van der Waals surface area contributed by atoms with Gasteiger partial charge in [-0.3, -0.25) is 0 Å². The number of aromatic nitrogens is 1. The number of oxazole rings is 1. The van der Waals surface area contributed by atoms with E-state index in [-0.39, 0.29) is 17.7 Å². The minimum absolute atomic E-state index is 0.132. The summed E-state index contributed by atoms with van der Waals surface area (Å²) in [5.74, 6) is 2.51. The van der Waals surface area contributed by atoms with Gasteiger partial charge in [-0.2, -0.15) is 10.2 Å². The van der Waals surface area contributed by atoms with Crippen molar-refractivity contribution >= 4 is 5.88 Å². The van der Waals surface area contributed by atoms with Crippen molar-refractivity contribution in [1.29, 1.82) is 5.26 Å². The van der Waals surface area contributed by atoms with E-state index in [1.807, 2.05) is 38.1 Å². The summed E-state index contributed by atoms with van der Waals surface area (Å²) in [6.45, 7) is 5.68. The fourth-order valence-corrected chi connectivity index (χ4v) is 3.22. The molecular formula is C22H23N3O4. The normalized spacial score (nSPS) is 16.0. The van der Waals surface area contributed by atoms with E-state index in [2.05, 4.69) is 16.4 Å². The summed E-state index contributed by atoms with van der Waals surface area (Å²) in [6, 6.07) is 11.7. The van der Waals surface area contributed by atoms with Crippen molar-refractivity contribution in [2.75, 3.05) is 18.5 Å². The number of anilines is 1. The number of aryl methyl sites for hydroxylation is 2. The predicted molar refractivity (Wildman–Crippen MR) is 107 cm³/mol. The molecule has 7 heteroatoms. The number of hydrogen-bond donors (Lipinski definition) is 1. The van der Waals surface area contributed by atoms with E-state index in [0.29, 0.717) is 30.6 Å². The topological polar surface area (TPSA) is 93.5 Å². The Balaban J connectivity index is 1.43. The highest BCUT2D eigenvalue weighted by Gasteiger charge is 2.20. The summed E-state index contributed by atoms with van der Waals surface area (Å²) >= 11 is 0. The largest absolute Gasteiger partial charge is 0.485 e. The van der Waals surface area contributed by atoms with Gasteiger partial charge in [0.15, 0.2) is 5.76 Å². The number of nitrogens with one attached hydrogen (secondary N) is 1. The highest BCUT2D eigenvalue weighted by atomic mass is 16.5. The van der Waals surface area contributed by atoms with Gasteiger partial charge in [0, 0.05) is 13.2 Å². The average molecular weight is 393 g/mol. The molecule has 7 nitrogen and oxygen atoms in total. The molecule has 1 N–H and O–H groups in total. The highest BCUT2D eigenvalue weighted by molar-refractivity contribution is 5.54. The Hall–Kier alpha value is -3.24. The second-order valence-corrected chi connectivity index (χ2v) is 7.15. The number of ether oxygens (including phenoxy) is 2. The lowest BCUT2D eigenvalue weighted by Crippen LogP contribution is -2.18. The maximum absolute atomic E-state index is 9.34. The van der Waals surface area contributed by atoms with Crippen LogP contribution in [0.1, 0.15) is 35.4 Å². The van der Waals surface area contributed by atoms with Crippen LogP contribution < -0.4 is 10.1 Å². The molecule has 1 atom stereocenters. The number of hydrogen-bond acceptors (Lipinski definition) is 7. The minimum Gasteiger partial charge on any atom is -0.485 e. The molecule has 3 aromatic rings.